The number of amides is 1. The maximum absolute atomic E-state index is 13.7. The highest BCUT2D eigenvalue weighted by Gasteiger charge is 2.28. The standard InChI is InChI=1S/C18H17FN4O2S/c19-16-2-1-4-21-18(16)25-10-15-9-22(8-14-7-20-12-23(14)15)17(24)6-13-3-5-26-11-13/h1-5,7,11-12,15H,6,8-10H2/t15-/m0/s1. The van der Waals surface area contributed by atoms with E-state index in [4.69, 9.17) is 4.74 Å². The van der Waals surface area contributed by atoms with E-state index in [1.54, 1.807) is 28.8 Å². The molecular weight excluding hydrogens is 355 g/mol. The van der Waals surface area contributed by atoms with Gasteiger partial charge in [-0.1, -0.05) is 0 Å². The minimum atomic E-state index is -0.500. The Morgan fingerprint density at radius 3 is 3.15 bits per heavy atom. The van der Waals surface area contributed by atoms with Crippen LogP contribution in [0.5, 0.6) is 5.88 Å². The fraction of sp³-hybridized carbons (Fsp3) is 0.278. The van der Waals surface area contributed by atoms with Gasteiger partial charge in [-0.3, -0.25) is 4.79 Å². The molecule has 1 atom stereocenters. The Bertz CT molecular complexity index is 896. The molecule has 0 spiro atoms. The molecule has 0 aliphatic carbocycles. The first-order chi connectivity index (χ1) is 12.7. The van der Waals surface area contributed by atoms with Crippen molar-refractivity contribution in [3.63, 3.8) is 0 Å². The second-order valence-corrected chi connectivity index (χ2v) is 6.91. The van der Waals surface area contributed by atoms with Crippen molar-refractivity contribution in [3.8, 4) is 5.88 Å². The molecule has 3 aromatic heterocycles. The van der Waals surface area contributed by atoms with Gasteiger partial charge >= 0.3 is 0 Å². The highest BCUT2D eigenvalue weighted by Crippen LogP contribution is 2.23. The van der Waals surface area contributed by atoms with Crippen LogP contribution in [0.2, 0.25) is 0 Å². The van der Waals surface area contributed by atoms with Crippen LogP contribution in [0.15, 0.2) is 47.7 Å². The molecular formula is C18H17FN4O2S. The average Bonchev–Trinajstić information content (AvgIpc) is 3.32. The largest absolute Gasteiger partial charge is 0.473 e. The summed E-state index contributed by atoms with van der Waals surface area (Å²) in [6.45, 7) is 1.21. The summed E-state index contributed by atoms with van der Waals surface area (Å²) in [5, 5.41) is 3.95. The number of ether oxygens (including phenoxy) is 1. The van der Waals surface area contributed by atoms with Crippen LogP contribution in [0.25, 0.3) is 0 Å². The highest BCUT2D eigenvalue weighted by molar-refractivity contribution is 7.08. The fourth-order valence-corrected chi connectivity index (χ4v) is 3.71. The van der Waals surface area contributed by atoms with E-state index < -0.39 is 5.82 Å². The van der Waals surface area contributed by atoms with E-state index in [2.05, 4.69) is 9.97 Å². The fourth-order valence-electron chi connectivity index (χ4n) is 3.04. The van der Waals surface area contributed by atoms with Crippen LogP contribution in [0.1, 0.15) is 17.3 Å². The molecule has 1 aliphatic heterocycles. The Kier molecular flexibility index (Phi) is 4.66. The third-order valence-corrected chi connectivity index (χ3v) is 5.08. The second-order valence-electron chi connectivity index (χ2n) is 6.13. The van der Waals surface area contributed by atoms with Gasteiger partial charge in [-0.2, -0.15) is 11.3 Å². The zero-order chi connectivity index (χ0) is 17.9. The van der Waals surface area contributed by atoms with Gasteiger partial charge in [0, 0.05) is 18.9 Å². The summed E-state index contributed by atoms with van der Waals surface area (Å²) in [4.78, 5) is 22.5. The second kappa shape index (κ2) is 7.25. The predicted molar refractivity (Wildman–Crippen MR) is 94.4 cm³/mol. The molecule has 4 rings (SSSR count). The van der Waals surface area contributed by atoms with Crippen molar-refractivity contribution in [2.75, 3.05) is 13.2 Å². The molecule has 0 fully saturated rings. The molecule has 6 nitrogen and oxygen atoms in total. The third-order valence-electron chi connectivity index (χ3n) is 4.35. The lowest BCUT2D eigenvalue weighted by Gasteiger charge is -2.34. The molecule has 0 saturated heterocycles. The number of rotatable bonds is 5. The quantitative estimate of drug-likeness (QED) is 0.691. The van der Waals surface area contributed by atoms with Gasteiger partial charge in [0.05, 0.1) is 31.0 Å². The van der Waals surface area contributed by atoms with Crippen molar-refractivity contribution in [2.24, 2.45) is 0 Å². The van der Waals surface area contributed by atoms with Crippen molar-refractivity contribution in [3.05, 3.63) is 64.8 Å². The number of carbonyl (C=O) groups is 1. The van der Waals surface area contributed by atoms with Crippen molar-refractivity contribution >= 4 is 17.2 Å². The number of halogens is 1. The van der Waals surface area contributed by atoms with E-state index in [-0.39, 0.29) is 24.4 Å². The normalized spacial score (nSPS) is 16.3. The molecule has 134 valence electrons. The first-order valence-corrected chi connectivity index (χ1v) is 9.18. The molecule has 0 aromatic carbocycles. The molecule has 4 heterocycles. The molecule has 0 N–H and O–H groups in total. The summed E-state index contributed by atoms with van der Waals surface area (Å²) in [7, 11) is 0. The van der Waals surface area contributed by atoms with Crippen molar-refractivity contribution < 1.29 is 13.9 Å². The topological polar surface area (TPSA) is 60.2 Å². The van der Waals surface area contributed by atoms with Crippen LogP contribution in [-0.4, -0.2) is 38.5 Å². The SMILES string of the molecule is O=C(Cc1ccsc1)N1Cc2cncn2[C@H](COc2ncccc2F)C1. The van der Waals surface area contributed by atoms with Crippen molar-refractivity contribution in [1.29, 1.82) is 0 Å². The number of fused-ring (bicyclic) bond motifs is 1. The Morgan fingerprint density at radius 2 is 2.35 bits per heavy atom. The van der Waals surface area contributed by atoms with Crippen LogP contribution >= 0.6 is 11.3 Å². The monoisotopic (exact) mass is 372 g/mol. The van der Waals surface area contributed by atoms with E-state index in [9.17, 15) is 9.18 Å². The van der Waals surface area contributed by atoms with E-state index in [0.29, 0.717) is 19.5 Å². The zero-order valence-corrected chi connectivity index (χ0v) is 14.7. The van der Waals surface area contributed by atoms with Crippen LogP contribution in [0.4, 0.5) is 4.39 Å². The number of thiophene rings is 1. The van der Waals surface area contributed by atoms with Gasteiger partial charge in [0.25, 0.3) is 0 Å². The number of nitrogens with zero attached hydrogens (tertiary/aromatic N) is 4. The summed E-state index contributed by atoms with van der Waals surface area (Å²) in [5.41, 5.74) is 1.95. The Hall–Kier alpha value is -2.74. The Labute approximate surface area is 153 Å². The Morgan fingerprint density at radius 1 is 1.42 bits per heavy atom. The molecule has 0 bridgehead atoms. The summed E-state index contributed by atoms with van der Waals surface area (Å²) in [6, 6.07) is 4.64. The van der Waals surface area contributed by atoms with Crippen LogP contribution < -0.4 is 4.74 Å². The van der Waals surface area contributed by atoms with Gasteiger partial charge in [0.2, 0.25) is 11.8 Å². The predicted octanol–water partition coefficient (Wildman–Crippen LogP) is 2.68. The number of aromatic nitrogens is 3. The average molecular weight is 372 g/mol. The minimum absolute atomic E-state index is 0.0316. The molecule has 0 radical (unpaired) electrons. The van der Waals surface area contributed by atoms with Gasteiger partial charge < -0.3 is 14.2 Å². The molecule has 0 saturated carbocycles. The van der Waals surface area contributed by atoms with E-state index in [1.165, 1.54) is 18.3 Å². The number of carbonyl (C=O) groups excluding carboxylic acids is 1. The van der Waals surface area contributed by atoms with Gasteiger partial charge in [-0.15, -0.1) is 0 Å². The maximum atomic E-state index is 13.7. The number of hydrogen-bond acceptors (Lipinski definition) is 5. The maximum Gasteiger partial charge on any atom is 0.250 e. The third kappa shape index (κ3) is 3.45. The molecule has 8 heteroatoms. The number of pyridine rings is 1. The summed E-state index contributed by atoms with van der Waals surface area (Å²) in [5.74, 6) is -0.472. The first kappa shape index (κ1) is 16.7. The number of hydrogen-bond donors (Lipinski definition) is 0. The first-order valence-electron chi connectivity index (χ1n) is 8.23. The number of imidazole rings is 1. The lowest BCUT2D eigenvalue weighted by molar-refractivity contribution is -0.132. The Balaban J connectivity index is 1.47. The van der Waals surface area contributed by atoms with Gasteiger partial charge in [0.1, 0.15) is 6.61 Å². The van der Waals surface area contributed by atoms with Crippen LogP contribution in [0, 0.1) is 5.82 Å². The van der Waals surface area contributed by atoms with E-state index in [1.807, 2.05) is 21.4 Å². The van der Waals surface area contributed by atoms with Crippen molar-refractivity contribution in [1.82, 2.24) is 19.4 Å². The van der Waals surface area contributed by atoms with Crippen LogP contribution in [-0.2, 0) is 17.8 Å². The van der Waals surface area contributed by atoms with E-state index in [0.717, 1.165) is 11.3 Å². The van der Waals surface area contributed by atoms with Gasteiger partial charge in [-0.25, -0.2) is 14.4 Å². The molecule has 3 aromatic rings. The lowest BCUT2D eigenvalue weighted by Crippen LogP contribution is -2.43. The lowest BCUT2D eigenvalue weighted by atomic mass is 10.1. The zero-order valence-electron chi connectivity index (χ0n) is 13.9. The van der Waals surface area contributed by atoms with Crippen molar-refractivity contribution in [2.45, 2.75) is 19.0 Å². The molecule has 1 aliphatic rings. The summed E-state index contributed by atoms with van der Waals surface area (Å²) >= 11 is 1.58. The molecule has 1 amide bonds. The van der Waals surface area contributed by atoms with Gasteiger partial charge in [-0.05, 0) is 34.5 Å². The van der Waals surface area contributed by atoms with Gasteiger partial charge in [0.15, 0.2) is 5.82 Å². The van der Waals surface area contributed by atoms with E-state index >= 15 is 0 Å². The molecule has 0 unspecified atom stereocenters. The smallest absolute Gasteiger partial charge is 0.250 e. The summed E-state index contributed by atoms with van der Waals surface area (Å²) < 4.78 is 21.3. The molecule has 26 heavy (non-hydrogen) atoms. The van der Waals surface area contributed by atoms with Crippen LogP contribution in [0.3, 0.4) is 0 Å². The minimum Gasteiger partial charge on any atom is -0.473 e. The highest BCUT2D eigenvalue weighted by atomic mass is 32.1. The summed E-state index contributed by atoms with van der Waals surface area (Å²) in [6.07, 6.45) is 5.33.